The summed E-state index contributed by atoms with van der Waals surface area (Å²) in [4.78, 5) is 17.4. The van der Waals surface area contributed by atoms with Gasteiger partial charge in [-0.25, -0.2) is 4.79 Å². The van der Waals surface area contributed by atoms with Crippen LogP contribution in [-0.2, 0) is 4.74 Å². The molecular weight excluding hydrogens is 288 g/mol. The summed E-state index contributed by atoms with van der Waals surface area (Å²) in [5.41, 5.74) is 1.00. The van der Waals surface area contributed by atoms with Crippen LogP contribution in [0.25, 0.3) is 12.2 Å². The fourth-order valence-corrected chi connectivity index (χ4v) is 3.52. The molecule has 4 nitrogen and oxygen atoms in total. The van der Waals surface area contributed by atoms with E-state index in [-0.39, 0.29) is 6.09 Å². The SMILES string of the molecule is CC1C=c2c(C3CCN(C(=O)OC(C)(C)C)CC3)c[nH]c2=CC1. The van der Waals surface area contributed by atoms with Crippen LogP contribution < -0.4 is 10.6 Å². The van der Waals surface area contributed by atoms with E-state index in [0.29, 0.717) is 11.8 Å². The molecule has 1 atom stereocenters. The van der Waals surface area contributed by atoms with Gasteiger partial charge < -0.3 is 14.6 Å². The molecule has 0 bridgehead atoms. The third-order valence-corrected chi connectivity index (χ3v) is 4.72. The number of carbonyl (C=O) groups is 1. The van der Waals surface area contributed by atoms with Crippen molar-refractivity contribution in [1.82, 2.24) is 9.88 Å². The van der Waals surface area contributed by atoms with E-state index in [1.54, 1.807) is 0 Å². The zero-order valence-electron chi connectivity index (χ0n) is 14.7. The normalized spacial score (nSPS) is 22.1. The van der Waals surface area contributed by atoms with Crippen molar-refractivity contribution in [2.75, 3.05) is 13.1 Å². The fourth-order valence-electron chi connectivity index (χ4n) is 3.52. The van der Waals surface area contributed by atoms with Crippen molar-refractivity contribution in [3.63, 3.8) is 0 Å². The number of carbonyl (C=O) groups excluding carboxylic acids is 1. The molecule has 1 aromatic heterocycles. The number of fused-ring (bicyclic) bond motifs is 1. The second kappa shape index (κ2) is 6.06. The molecule has 4 heteroatoms. The number of nitrogens with zero attached hydrogens (tertiary/aromatic N) is 1. The lowest BCUT2D eigenvalue weighted by Crippen LogP contribution is -2.42. The maximum Gasteiger partial charge on any atom is 0.410 e. The number of H-pyrrole nitrogens is 1. The number of rotatable bonds is 1. The first-order valence-corrected chi connectivity index (χ1v) is 8.71. The number of aromatic nitrogens is 1. The van der Waals surface area contributed by atoms with Gasteiger partial charge in [-0.15, -0.1) is 0 Å². The summed E-state index contributed by atoms with van der Waals surface area (Å²) in [6, 6.07) is 0. The molecule has 1 fully saturated rings. The largest absolute Gasteiger partial charge is 0.444 e. The molecular formula is C19H28N2O2. The lowest BCUT2D eigenvalue weighted by atomic mass is 9.88. The predicted octanol–water partition coefficient (Wildman–Crippen LogP) is 2.73. The lowest BCUT2D eigenvalue weighted by molar-refractivity contribution is 0.0204. The highest BCUT2D eigenvalue weighted by molar-refractivity contribution is 5.68. The standard InChI is InChI=1S/C19H28N2O2/c1-13-5-6-17-15(11-13)16(12-20-17)14-7-9-21(10-8-14)18(22)23-19(2,3)4/h6,11-14,20H,5,7-10H2,1-4H3. The topological polar surface area (TPSA) is 45.3 Å². The van der Waals surface area contributed by atoms with E-state index in [9.17, 15) is 4.79 Å². The van der Waals surface area contributed by atoms with Crippen LogP contribution in [-0.4, -0.2) is 34.7 Å². The van der Waals surface area contributed by atoms with Gasteiger partial charge >= 0.3 is 6.09 Å². The summed E-state index contributed by atoms with van der Waals surface area (Å²) in [7, 11) is 0. The monoisotopic (exact) mass is 316 g/mol. The first kappa shape index (κ1) is 16.2. The summed E-state index contributed by atoms with van der Waals surface area (Å²) in [6.07, 6.45) is 9.81. The molecule has 2 heterocycles. The number of hydrogen-bond donors (Lipinski definition) is 1. The predicted molar refractivity (Wildman–Crippen MR) is 92.5 cm³/mol. The zero-order valence-corrected chi connectivity index (χ0v) is 14.7. The molecule has 23 heavy (non-hydrogen) atoms. The second-order valence-corrected chi connectivity index (χ2v) is 7.90. The van der Waals surface area contributed by atoms with Gasteiger partial charge in [0.25, 0.3) is 0 Å². The van der Waals surface area contributed by atoms with E-state index in [1.165, 1.54) is 16.1 Å². The van der Waals surface area contributed by atoms with Gasteiger partial charge in [-0.3, -0.25) is 0 Å². The van der Waals surface area contributed by atoms with Gasteiger partial charge in [0, 0.05) is 24.6 Å². The second-order valence-electron chi connectivity index (χ2n) is 7.90. The average molecular weight is 316 g/mol. The molecule has 1 unspecified atom stereocenters. The Morgan fingerprint density at radius 2 is 2.00 bits per heavy atom. The highest BCUT2D eigenvalue weighted by Gasteiger charge is 2.28. The number of amides is 1. The number of piperidine rings is 1. The molecule has 0 saturated carbocycles. The first-order chi connectivity index (χ1) is 10.8. The number of aromatic amines is 1. The molecule has 126 valence electrons. The van der Waals surface area contributed by atoms with Crippen LogP contribution in [0.4, 0.5) is 4.79 Å². The van der Waals surface area contributed by atoms with E-state index in [1.807, 2.05) is 25.7 Å². The van der Waals surface area contributed by atoms with Crippen LogP contribution in [0, 0.1) is 5.92 Å². The van der Waals surface area contributed by atoms with Crippen LogP contribution >= 0.6 is 0 Å². The summed E-state index contributed by atoms with van der Waals surface area (Å²) >= 11 is 0. The van der Waals surface area contributed by atoms with Gasteiger partial charge in [0.1, 0.15) is 5.60 Å². The van der Waals surface area contributed by atoms with Crippen molar-refractivity contribution in [3.8, 4) is 0 Å². The van der Waals surface area contributed by atoms with E-state index >= 15 is 0 Å². The summed E-state index contributed by atoms with van der Waals surface area (Å²) in [5, 5.41) is 2.66. The van der Waals surface area contributed by atoms with Gasteiger partial charge in [-0.1, -0.05) is 19.1 Å². The lowest BCUT2D eigenvalue weighted by Gasteiger charge is -2.33. The molecule has 1 aliphatic carbocycles. The first-order valence-electron chi connectivity index (χ1n) is 8.71. The molecule has 0 radical (unpaired) electrons. The van der Waals surface area contributed by atoms with Crippen LogP contribution in [0.5, 0.6) is 0 Å². The van der Waals surface area contributed by atoms with Gasteiger partial charge in [-0.2, -0.15) is 0 Å². The summed E-state index contributed by atoms with van der Waals surface area (Å²) in [6.45, 7) is 9.56. The van der Waals surface area contributed by atoms with Crippen LogP contribution in [0.3, 0.4) is 0 Å². The third-order valence-electron chi connectivity index (χ3n) is 4.72. The Labute approximate surface area is 138 Å². The van der Waals surface area contributed by atoms with Crippen LogP contribution in [0.15, 0.2) is 6.20 Å². The Kier molecular flexibility index (Phi) is 4.26. The van der Waals surface area contributed by atoms with Crippen molar-refractivity contribution in [3.05, 3.63) is 22.3 Å². The molecule has 0 spiro atoms. The molecule has 1 aliphatic heterocycles. The Hall–Kier alpha value is -1.71. The Morgan fingerprint density at radius 3 is 2.65 bits per heavy atom. The summed E-state index contributed by atoms with van der Waals surface area (Å²) in [5.74, 6) is 1.14. The third kappa shape index (κ3) is 3.62. The average Bonchev–Trinajstić information content (AvgIpc) is 2.88. The van der Waals surface area contributed by atoms with E-state index in [0.717, 1.165) is 32.4 Å². The van der Waals surface area contributed by atoms with Gasteiger partial charge in [0.15, 0.2) is 0 Å². The van der Waals surface area contributed by atoms with Crippen LogP contribution in [0.1, 0.15) is 58.4 Å². The number of hydrogen-bond acceptors (Lipinski definition) is 2. The molecule has 2 aliphatic rings. The quantitative estimate of drug-likeness (QED) is 0.866. The van der Waals surface area contributed by atoms with E-state index in [4.69, 9.17) is 4.74 Å². The Morgan fingerprint density at radius 1 is 1.30 bits per heavy atom. The maximum atomic E-state index is 12.2. The van der Waals surface area contributed by atoms with E-state index in [2.05, 4.69) is 30.3 Å². The van der Waals surface area contributed by atoms with Gasteiger partial charge in [0.2, 0.25) is 0 Å². The number of likely N-dealkylation sites (tertiary alicyclic amines) is 1. The smallest absolute Gasteiger partial charge is 0.410 e. The minimum absolute atomic E-state index is 0.180. The van der Waals surface area contributed by atoms with Crippen molar-refractivity contribution in [2.24, 2.45) is 5.92 Å². The molecule has 1 amide bonds. The number of nitrogens with one attached hydrogen (secondary N) is 1. The van der Waals surface area contributed by atoms with E-state index < -0.39 is 5.60 Å². The van der Waals surface area contributed by atoms with Gasteiger partial charge in [-0.05, 0) is 62.7 Å². The molecule has 1 N–H and O–H groups in total. The summed E-state index contributed by atoms with van der Waals surface area (Å²) < 4.78 is 5.48. The van der Waals surface area contributed by atoms with Gasteiger partial charge in [0.05, 0.1) is 0 Å². The van der Waals surface area contributed by atoms with Crippen molar-refractivity contribution < 1.29 is 9.53 Å². The Bertz CT molecular complexity index is 688. The maximum absolute atomic E-state index is 12.2. The minimum Gasteiger partial charge on any atom is -0.444 e. The number of ether oxygens (including phenoxy) is 1. The van der Waals surface area contributed by atoms with Crippen LogP contribution in [0.2, 0.25) is 0 Å². The molecule has 1 saturated heterocycles. The Balaban J connectivity index is 1.68. The van der Waals surface area contributed by atoms with Crippen molar-refractivity contribution >= 4 is 18.2 Å². The molecule has 1 aromatic rings. The van der Waals surface area contributed by atoms with Crippen molar-refractivity contribution in [1.29, 1.82) is 0 Å². The highest BCUT2D eigenvalue weighted by atomic mass is 16.6. The van der Waals surface area contributed by atoms with Crippen molar-refractivity contribution in [2.45, 2.75) is 58.5 Å². The molecule has 0 aromatic carbocycles. The highest BCUT2D eigenvalue weighted by Crippen LogP contribution is 2.26. The minimum atomic E-state index is -0.422. The molecule has 3 rings (SSSR count). The zero-order chi connectivity index (χ0) is 16.6. The fraction of sp³-hybridized carbons (Fsp3) is 0.632.